The highest BCUT2D eigenvalue weighted by Crippen LogP contribution is 2.26. The molecule has 0 radical (unpaired) electrons. The fraction of sp³-hybridized carbons (Fsp3) is 0.261. The monoisotopic (exact) mass is 422 g/mol. The molecule has 162 valence electrons. The van der Waals surface area contributed by atoms with Gasteiger partial charge in [-0.15, -0.1) is 0 Å². The second-order valence-electron chi connectivity index (χ2n) is 6.92. The van der Waals surface area contributed by atoms with E-state index >= 15 is 0 Å². The van der Waals surface area contributed by atoms with Crippen LogP contribution < -0.4 is 20.1 Å². The third kappa shape index (κ3) is 6.60. The summed E-state index contributed by atoms with van der Waals surface area (Å²) in [5, 5.41) is 5.73. The molecule has 1 heterocycles. The van der Waals surface area contributed by atoms with Gasteiger partial charge >= 0.3 is 0 Å². The van der Waals surface area contributed by atoms with Crippen LogP contribution in [-0.2, 0) is 16.1 Å². The molecule has 31 heavy (non-hydrogen) atoms. The predicted molar refractivity (Wildman–Crippen MR) is 117 cm³/mol. The Balaban J connectivity index is 1.64. The van der Waals surface area contributed by atoms with Crippen LogP contribution in [0.2, 0.25) is 0 Å². The smallest absolute Gasteiger partial charge is 0.226 e. The number of imidazole rings is 1. The van der Waals surface area contributed by atoms with Crippen LogP contribution in [0.4, 0.5) is 5.69 Å². The molecule has 1 aromatic heterocycles. The molecule has 2 N–H and O–H groups in total. The quantitative estimate of drug-likeness (QED) is 0.523. The third-order valence-electron chi connectivity index (χ3n) is 4.61. The van der Waals surface area contributed by atoms with Crippen LogP contribution in [0.5, 0.6) is 11.5 Å². The van der Waals surface area contributed by atoms with Crippen LogP contribution in [0.15, 0.2) is 67.3 Å². The van der Waals surface area contributed by atoms with Crippen molar-refractivity contribution in [1.29, 1.82) is 0 Å². The van der Waals surface area contributed by atoms with Crippen LogP contribution >= 0.6 is 0 Å². The van der Waals surface area contributed by atoms with Crippen molar-refractivity contribution in [3.63, 3.8) is 0 Å². The van der Waals surface area contributed by atoms with E-state index in [9.17, 15) is 9.59 Å². The van der Waals surface area contributed by atoms with Crippen LogP contribution in [0.3, 0.4) is 0 Å². The van der Waals surface area contributed by atoms with Crippen LogP contribution in [0, 0.1) is 0 Å². The lowest BCUT2D eigenvalue weighted by molar-refractivity contribution is -0.120. The van der Waals surface area contributed by atoms with Crippen LogP contribution in [0.1, 0.15) is 24.9 Å². The summed E-state index contributed by atoms with van der Waals surface area (Å²) in [4.78, 5) is 28.4. The Bertz CT molecular complexity index is 987. The van der Waals surface area contributed by atoms with Crippen molar-refractivity contribution >= 4 is 17.5 Å². The molecule has 0 spiro atoms. The molecule has 3 rings (SSSR count). The van der Waals surface area contributed by atoms with E-state index in [1.807, 2.05) is 35.0 Å². The number of amides is 2. The zero-order chi connectivity index (χ0) is 22.1. The first-order chi connectivity index (χ1) is 15.0. The molecule has 0 saturated carbocycles. The Hall–Kier alpha value is -3.81. The van der Waals surface area contributed by atoms with Gasteiger partial charge in [0.2, 0.25) is 11.8 Å². The first kappa shape index (κ1) is 21.9. The maximum absolute atomic E-state index is 12.8. The Morgan fingerprint density at radius 2 is 1.90 bits per heavy atom. The van der Waals surface area contributed by atoms with Crippen molar-refractivity contribution in [2.75, 3.05) is 19.0 Å². The fourth-order valence-corrected chi connectivity index (χ4v) is 3.10. The number of nitrogens with one attached hydrogen (secondary N) is 2. The second kappa shape index (κ2) is 10.8. The predicted octanol–water partition coefficient (Wildman–Crippen LogP) is 3.18. The van der Waals surface area contributed by atoms with Gasteiger partial charge in [-0.3, -0.25) is 9.59 Å². The van der Waals surface area contributed by atoms with Gasteiger partial charge < -0.3 is 24.7 Å². The lowest BCUT2D eigenvalue weighted by atomic mass is 10.0. The molecule has 1 atom stereocenters. The summed E-state index contributed by atoms with van der Waals surface area (Å²) in [6.45, 7) is 2.51. The van der Waals surface area contributed by atoms with Crippen molar-refractivity contribution in [3.8, 4) is 11.5 Å². The summed E-state index contributed by atoms with van der Waals surface area (Å²) in [5.41, 5.74) is 1.39. The van der Waals surface area contributed by atoms with Crippen LogP contribution in [0.25, 0.3) is 0 Å². The second-order valence-corrected chi connectivity index (χ2v) is 6.92. The third-order valence-corrected chi connectivity index (χ3v) is 4.61. The highest BCUT2D eigenvalue weighted by Gasteiger charge is 2.18. The summed E-state index contributed by atoms with van der Waals surface area (Å²) in [6.07, 6.45) is 5.37. The molecule has 0 fully saturated rings. The van der Waals surface area contributed by atoms with Gasteiger partial charge in [-0.1, -0.05) is 24.3 Å². The molecule has 0 bridgehead atoms. The zero-order valence-electron chi connectivity index (χ0n) is 17.6. The number of para-hydroxylation sites is 2. The summed E-state index contributed by atoms with van der Waals surface area (Å²) in [7, 11) is 1.59. The van der Waals surface area contributed by atoms with Crippen molar-refractivity contribution in [1.82, 2.24) is 14.9 Å². The summed E-state index contributed by atoms with van der Waals surface area (Å²) in [6, 6.07) is 14.1. The number of aromatic nitrogens is 2. The highest BCUT2D eigenvalue weighted by atomic mass is 16.5. The molecule has 1 unspecified atom stereocenters. The van der Waals surface area contributed by atoms with E-state index in [-0.39, 0.29) is 18.2 Å². The average molecular weight is 422 g/mol. The minimum atomic E-state index is -0.460. The lowest BCUT2D eigenvalue weighted by Crippen LogP contribution is -2.29. The maximum atomic E-state index is 12.8. The van der Waals surface area contributed by atoms with Crippen molar-refractivity contribution in [2.45, 2.75) is 25.9 Å². The Morgan fingerprint density at radius 3 is 2.58 bits per heavy atom. The average Bonchev–Trinajstić information content (AvgIpc) is 3.28. The molecule has 2 aromatic carbocycles. The van der Waals surface area contributed by atoms with E-state index in [1.165, 1.54) is 6.92 Å². The van der Waals surface area contributed by atoms with Gasteiger partial charge in [0.25, 0.3) is 0 Å². The molecular weight excluding hydrogens is 396 g/mol. The maximum Gasteiger partial charge on any atom is 0.226 e. The van der Waals surface area contributed by atoms with Crippen molar-refractivity contribution in [2.24, 2.45) is 0 Å². The first-order valence-corrected chi connectivity index (χ1v) is 9.93. The number of rotatable bonds is 10. The first-order valence-electron chi connectivity index (χ1n) is 9.93. The molecule has 3 aromatic rings. The molecule has 0 saturated heterocycles. The van der Waals surface area contributed by atoms with Crippen molar-refractivity contribution in [3.05, 3.63) is 72.8 Å². The van der Waals surface area contributed by atoms with E-state index in [4.69, 9.17) is 9.47 Å². The largest absolute Gasteiger partial charge is 0.497 e. The van der Waals surface area contributed by atoms with Gasteiger partial charge in [0.05, 0.1) is 38.1 Å². The molecule has 8 nitrogen and oxygen atoms in total. The number of carbonyl (C=O) groups is 2. The van der Waals surface area contributed by atoms with E-state index in [1.54, 1.807) is 43.9 Å². The minimum absolute atomic E-state index is 0.0787. The number of nitrogens with zero attached hydrogens (tertiary/aromatic N) is 2. The highest BCUT2D eigenvalue weighted by molar-refractivity contribution is 5.93. The van der Waals surface area contributed by atoms with Gasteiger partial charge in [-0.25, -0.2) is 4.98 Å². The molecular formula is C23H26N4O4. The van der Waals surface area contributed by atoms with Crippen molar-refractivity contribution < 1.29 is 19.1 Å². The Labute approximate surface area is 181 Å². The molecule has 0 aliphatic carbocycles. The normalized spacial score (nSPS) is 11.4. The Morgan fingerprint density at radius 1 is 1.13 bits per heavy atom. The Kier molecular flexibility index (Phi) is 7.64. The fourth-order valence-electron chi connectivity index (χ4n) is 3.10. The van der Waals surface area contributed by atoms with Gasteiger partial charge in [0.15, 0.2) is 0 Å². The number of methoxy groups -OCH3 is 1. The standard InChI is InChI=1S/C23H26N4O4/c1-17(28)25-21(18-7-9-19(30-2)10-8-18)15-23(29)26-20-5-3-4-6-22(20)31-14-13-27-12-11-24-16-27/h3-12,16,21H,13-15H2,1-2H3,(H,25,28)(H,26,29). The number of ether oxygens (including phenoxy) is 2. The summed E-state index contributed by atoms with van der Waals surface area (Å²) in [5.74, 6) is 0.838. The summed E-state index contributed by atoms with van der Waals surface area (Å²) < 4.78 is 12.9. The number of anilines is 1. The van der Waals surface area contributed by atoms with Crippen LogP contribution in [-0.4, -0.2) is 35.1 Å². The van der Waals surface area contributed by atoms with Gasteiger partial charge in [0, 0.05) is 19.3 Å². The molecule has 0 aliphatic heterocycles. The number of carbonyl (C=O) groups excluding carboxylic acids is 2. The number of hydrogen-bond acceptors (Lipinski definition) is 5. The minimum Gasteiger partial charge on any atom is -0.497 e. The molecule has 8 heteroatoms. The molecule has 0 aliphatic rings. The molecule has 2 amide bonds. The van der Waals surface area contributed by atoms with E-state index in [2.05, 4.69) is 15.6 Å². The number of hydrogen-bond donors (Lipinski definition) is 2. The van der Waals surface area contributed by atoms with Gasteiger partial charge in [-0.2, -0.15) is 0 Å². The number of benzene rings is 2. The van der Waals surface area contributed by atoms with E-state index < -0.39 is 6.04 Å². The van der Waals surface area contributed by atoms with E-state index in [0.29, 0.717) is 30.3 Å². The summed E-state index contributed by atoms with van der Waals surface area (Å²) >= 11 is 0. The SMILES string of the molecule is COc1ccc(C(CC(=O)Nc2ccccc2OCCn2ccnc2)NC(C)=O)cc1. The lowest BCUT2D eigenvalue weighted by Gasteiger charge is -2.19. The topological polar surface area (TPSA) is 94.5 Å². The van der Waals surface area contributed by atoms with Gasteiger partial charge in [0.1, 0.15) is 18.1 Å². The van der Waals surface area contributed by atoms with Gasteiger partial charge in [-0.05, 0) is 29.8 Å². The zero-order valence-corrected chi connectivity index (χ0v) is 17.6. The van der Waals surface area contributed by atoms with E-state index in [0.717, 1.165) is 5.56 Å².